The molecule has 1 aromatic carbocycles. The third-order valence-electron chi connectivity index (χ3n) is 2.92. The van der Waals surface area contributed by atoms with Crippen molar-refractivity contribution >= 4 is 10.9 Å². The minimum atomic E-state index is 0.679. The lowest BCUT2D eigenvalue weighted by molar-refractivity contribution is 0.262. The number of aryl methyl sites for hydroxylation is 1. The molecule has 4 nitrogen and oxygen atoms in total. The zero-order chi connectivity index (χ0) is 13.1. The molecule has 1 N–H and O–H groups in total. The number of nitrogens with one attached hydrogen (secondary N) is 1. The van der Waals surface area contributed by atoms with E-state index in [9.17, 15) is 0 Å². The number of likely N-dealkylation sites (N-methyl/N-ethyl adjacent to an activating group) is 1. The van der Waals surface area contributed by atoms with Gasteiger partial charge in [0.15, 0.2) is 0 Å². The van der Waals surface area contributed by atoms with Gasteiger partial charge in [0.1, 0.15) is 18.1 Å². The van der Waals surface area contributed by atoms with E-state index in [0.717, 1.165) is 34.6 Å². The van der Waals surface area contributed by atoms with Crippen molar-refractivity contribution in [2.45, 2.75) is 6.92 Å². The highest BCUT2D eigenvalue weighted by Gasteiger charge is 2.10. The minimum Gasteiger partial charge on any atom is -0.497 e. The summed E-state index contributed by atoms with van der Waals surface area (Å²) in [5, 5.41) is 1.07. The largest absolute Gasteiger partial charge is 0.497 e. The first kappa shape index (κ1) is 12.8. The average molecular weight is 248 g/mol. The van der Waals surface area contributed by atoms with Gasteiger partial charge in [-0.1, -0.05) is 0 Å². The maximum Gasteiger partial charge on any atom is 0.147 e. The van der Waals surface area contributed by atoms with Crippen LogP contribution in [0.1, 0.15) is 5.69 Å². The highest BCUT2D eigenvalue weighted by molar-refractivity contribution is 5.88. The Bertz CT molecular complexity index is 532. The molecule has 1 aromatic heterocycles. The lowest BCUT2D eigenvalue weighted by Gasteiger charge is -2.11. The summed E-state index contributed by atoms with van der Waals surface area (Å²) in [4.78, 5) is 5.42. The fourth-order valence-corrected chi connectivity index (χ4v) is 1.92. The van der Waals surface area contributed by atoms with E-state index in [1.54, 1.807) is 7.11 Å². The van der Waals surface area contributed by atoms with Crippen LogP contribution in [0.4, 0.5) is 0 Å². The quantitative estimate of drug-likeness (QED) is 0.883. The fraction of sp³-hybridized carbons (Fsp3) is 0.429. The van der Waals surface area contributed by atoms with E-state index in [1.807, 2.05) is 39.2 Å². The van der Waals surface area contributed by atoms with Gasteiger partial charge in [-0.05, 0) is 39.2 Å². The van der Waals surface area contributed by atoms with Crippen molar-refractivity contribution in [3.63, 3.8) is 0 Å². The molecule has 0 spiro atoms. The summed E-state index contributed by atoms with van der Waals surface area (Å²) in [6, 6.07) is 5.96. The number of methoxy groups -OCH3 is 1. The Morgan fingerprint density at radius 2 is 2.06 bits per heavy atom. The summed E-state index contributed by atoms with van der Waals surface area (Å²) in [7, 11) is 5.75. The Kier molecular flexibility index (Phi) is 3.77. The van der Waals surface area contributed by atoms with Crippen molar-refractivity contribution in [1.82, 2.24) is 9.88 Å². The van der Waals surface area contributed by atoms with E-state index in [-0.39, 0.29) is 0 Å². The number of ether oxygens (including phenoxy) is 2. The summed E-state index contributed by atoms with van der Waals surface area (Å²) < 4.78 is 11.1. The van der Waals surface area contributed by atoms with E-state index in [2.05, 4.69) is 9.88 Å². The van der Waals surface area contributed by atoms with Gasteiger partial charge in [0.05, 0.1) is 12.8 Å². The molecule has 0 saturated carbocycles. The van der Waals surface area contributed by atoms with Crippen LogP contribution in [0.2, 0.25) is 0 Å². The van der Waals surface area contributed by atoms with Crippen molar-refractivity contribution in [2.75, 3.05) is 34.4 Å². The summed E-state index contributed by atoms with van der Waals surface area (Å²) in [6.07, 6.45) is 0. The molecular weight excluding hydrogens is 228 g/mol. The summed E-state index contributed by atoms with van der Waals surface area (Å²) in [6.45, 7) is 3.60. The van der Waals surface area contributed by atoms with Crippen LogP contribution >= 0.6 is 0 Å². The molecule has 98 valence electrons. The molecule has 2 aromatic rings. The van der Waals surface area contributed by atoms with E-state index in [4.69, 9.17) is 9.47 Å². The number of fused-ring (bicyclic) bond motifs is 1. The SMILES string of the molecule is COc1ccc2[nH]c(C)c(OCCN(C)C)c2c1. The minimum absolute atomic E-state index is 0.679. The molecule has 0 aliphatic carbocycles. The monoisotopic (exact) mass is 248 g/mol. The van der Waals surface area contributed by atoms with E-state index >= 15 is 0 Å². The smallest absolute Gasteiger partial charge is 0.147 e. The lowest BCUT2D eigenvalue weighted by atomic mass is 10.2. The molecule has 4 heteroatoms. The Morgan fingerprint density at radius 3 is 2.72 bits per heavy atom. The molecule has 0 atom stereocenters. The van der Waals surface area contributed by atoms with Crippen LogP contribution in [0.3, 0.4) is 0 Å². The molecule has 0 saturated heterocycles. The molecule has 0 aliphatic rings. The van der Waals surface area contributed by atoms with Crippen molar-refractivity contribution in [1.29, 1.82) is 0 Å². The van der Waals surface area contributed by atoms with Gasteiger partial charge >= 0.3 is 0 Å². The Morgan fingerprint density at radius 1 is 1.28 bits per heavy atom. The van der Waals surface area contributed by atoms with Crippen LogP contribution in [-0.4, -0.2) is 44.2 Å². The third-order valence-corrected chi connectivity index (χ3v) is 2.92. The fourth-order valence-electron chi connectivity index (χ4n) is 1.92. The van der Waals surface area contributed by atoms with E-state index in [0.29, 0.717) is 6.61 Å². The maximum absolute atomic E-state index is 5.87. The number of nitrogens with zero attached hydrogens (tertiary/aromatic N) is 1. The number of hydrogen-bond acceptors (Lipinski definition) is 3. The molecular formula is C14H20N2O2. The van der Waals surface area contributed by atoms with E-state index < -0.39 is 0 Å². The molecule has 0 aliphatic heterocycles. The van der Waals surface area contributed by atoms with Crippen LogP contribution in [0.25, 0.3) is 10.9 Å². The van der Waals surface area contributed by atoms with E-state index in [1.165, 1.54) is 0 Å². The zero-order valence-corrected chi connectivity index (χ0v) is 11.4. The van der Waals surface area contributed by atoms with Crippen molar-refractivity contribution in [3.05, 3.63) is 23.9 Å². The summed E-state index contributed by atoms with van der Waals surface area (Å²) >= 11 is 0. The van der Waals surface area contributed by atoms with Crippen LogP contribution in [0.15, 0.2) is 18.2 Å². The number of benzene rings is 1. The van der Waals surface area contributed by atoms with Gasteiger partial charge in [-0.15, -0.1) is 0 Å². The number of aromatic amines is 1. The van der Waals surface area contributed by atoms with Gasteiger partial charge in [0, 0.05) is 17.4 Å². The van der Waals surface area contributed by atoms with Gasteiger partial charge in [-0.25, -0.2) is 0 Å². The van der Waals surface area contributed by atoms with Gasteiger partial charge < -0.3 is 19.4 Å². The molecule has 0 radical (unpaired) electrons. The second kappa shape index (κ2) is 5.31. The number of H-pyrrole nitrogens is 1. The normalized spacial score (nSPS) is 11.2. The number of rotatable bonds is 5. The van der Waals surface area contributed by atoms with Gasteiger partial charge in [-0.2, -0.15) is 0 Å². The molecule has 18 heavy (non-hydrogen) atoms. The molecule has 0 fully saturated rings. The molecule has 0 amide bonds. The predicted octanol–water partition coefficient (Wildman–Crippen LogP) is 2.43. The standard InChI is InChI=1S/C14H20N2O2/c1-10-14(18-8-7-16(2)3)12-9-11(17-4)5-6-13(12)15-10/h5-6,9,15H,7-8H2,1-4H3. The Hall–Kier alpha value is -1.68. The van der Waals surface area contributed by atoms with Crippen LogP contribution in [0, 0.1) is 6.92 Å². The number of aromatic nitrogens is 1. The maximum atomic E-state index is 5.87. The molecule has 0 bridgehead atoms. The Balaban J connectivity index is 2.27. The van der Waals surface area contributed by atoms with Crippen LogP contribution in [-0.2, 0) is 0 Å². The van der Waals surface area contributed by atoms with Gasteiger partial charge in [-0.3, -0.25) is 0 Å². The van der Waals surface area contributed by atoms with Crippen molar-refractivity contribution in [2.24, 2.45) is 0 Å². The Labute approximate surface area is 107 Å². The predicted molar refractivity (Wildman–Crippen MR) is 73.6 cm³/mol. The van der Waals surface area contributed by atoms with Crippen molar-refractivity contribution in [3.8, 4) is 11.5 Å². The van der Waals surface area contributed by atoms with Crippen LogP contribution < -0.4 is 9.47 Å². The average Bonchev–Trinajstić information content (AvgIpc) is 2.64. The first-order chi connectivity index (χ1) is 8.61. The molecule has 1 heterocycles. The first-order valence-corrected chi connectivity index (χ1v) is 6.05. The lowest BCUT2D eigenvalue weighted by Crippen LogP contribution is -2.19. The number of hydrogen-bond donors (Lipinski definition) is 1. The zero-order valence-electron chi connectivity index (χ0n) is 11.4. The highest BCUT2D eigenvalue weighted by atomic mass is 16.5. The van der Waals surface area contributed by atoms with Gasteiger partial charge in [0.25, 0.3) is 0 Å². The first-order valence-electron chi connectivity index (χ1n) is 6.05. The third kappa shape index (κ3) is 2.59. The summed E-state index contributed by atoms with van der Waals surface area (Å²) in [5.41, 5.74) is 2.13. The summed E-state index contributed by atoms with van der Waals surface area (Å²) in [5.74, 6) is 1.77. The van der Waals surface area contributed by atoms with Gasteiger partial charge in [0.2, 0.25) is 0 Å². The molecule has 0 unspecified atom stereocenters. The second-order valence-electron chi connectivity index (χ2n) is 4.64. The van der Waals surface area contributed by atoms with Crippen molar-refractivity contribution < 1.29 is 9.47 Å². The topological polar surface area (TPSA) is 37.5 Å². The highest BCUT2D eigenvalue weighted by Crippen LogP contribution is 2.32. The second-order valence-corrected chi connectivity index (χ2v) is 4.64. The molecule has 2 rings (SSSR count). The van der Waals surface area contributed by atoms with Crippen LogP contribution in [0.5, 0.6) is 11.5 Å².